The normalized spacial score (nSPS) is 11.3. The van der Waals surface area contributed by atoms with Crippen LogP contribution in [0, 0.1) is 0 Å². The average Bonchev–Trinajstić information content (AvgIpc) is 3.07. The third kappa shape index (κ3) is 3.88. The van der Waals surface area contributed by atoms with Crippen molar-refractivity contribution >= 4 is 32.3 Å². The number of pyridine rings is 2. The minimum atomic E-state index is 0.941. The minimum absolute atomic E-state index is 0.941. The minimum Gasteiger partial charge on any atom is -0.264 e. The SMILES string of the molecule is c1ccc(-c2c3ccccc3c(-c3ccc(-c4cnccc4-c4ccccn4)c4ccccc34)c3ccccc23)cc1. The zero-order valence-corrected chi connectivity index (χ0v) is 22.9. The Hall–Kier alpha value is -5.60. The molecular weight excluding hydrogens is 508 g/mol. The van der Waals surface area contributed by atoms with Gasteiger partial charge in [-0.05, 0) is 78.3 Å². The molecule has 0 aliphatic heterocycles. The first kappa shape index (κ1) is 24.2. The lowest BCUT2D eigenvalue weighted by molar-refractivity contribution is 1.29. The summed E-state index contributed by atoms with van der Waals surface area (Å²) in [6, 6.07) is 49.8. The molecule has 8 rings (SSSR count). The fraction of sp³-hybridized carbons (Fsp3) is 0. The van der Waals surface area contributed by atoms with E-state index in [-0.39, 0.29) is 0 Å². The van der Waals surface area contributed by atoms with Gasteiger partial charge in [0.1, 0.15) is 0 Å². The Morgan fingerprint density at radius 3 is 1.52 bits per heavy atom. The molecule has 0 bridgehead atoms. The van der Waals surface area contributed by atoms with Crippen LogP contribution in [-0.2, 0) is 0 Å². The summed E-state index contributed by atoms with van der Waals surface area (Å²) in [6.07, 6.45) is 5.65. The second kappa shape index (κ2) is 10.1. The van der Waals surface area contributed by atoms with E-state index in [9.17, 15) is 0 Å². The molecule has 8 aromatic rings. The van der Waals surface area contributed by atoms with Crippen LogP contribution in [0.2, 0.25) is 0 Å². The fourth-order valence-corrected chi connectivity index (χ4v) is 6.44. The topological polar surface area (TPSA) is 25.8 Å². The van der Waals surface area contributed by atoms with Gasteiger partial charge in [-0.2, -0.15) is 0 Å². The molecular formula is C40H26N2. The molecule has 0 saturated heterocycles. The summed E-state index contributed by atoms with van der Waals surface area (Å²) in [7, 11) is 0. The summed E-state index contributed by atoms with van der Waals surface area (Å²) in [6.45, 7) is 0. The van der Waals surface area contributed by atoms with Gasteiger partial charge in [-0.25, -0.2) is 0 Å². The molecule has 0 unspecified atom stereocenters. The molecule has 6 aromatic carbocycles. The van der Waals surface area contributed by atoms with Crippen molar-refractivity contribution in [3.05, 3.63) is 158 Å². The van der Waals surface area contributed by atoms with Crippen LogP contribution in [0.5, 0.6) is 0 Å². The standard InChI is InChI=1S/C40H26N2/c1-2-12-27(13-3-1)39-32-16-6-8-18-34(32)40(35-19-9-7-17-33(35)39)36-22-21-30(28-14-4-5-15-29(28)36)37-26-41-25-23-31(37)38-20-10-11-24-42-38/h1-26H. The summed E-state index contributed by atoms with van der Waals surface area (Å²) in [4.78, 5) is 9.18. The Bertz CT molecular complexity index is 2180. The Morgan fingerprint density at radius 2 is 0.881 bits per heavy atom. The second-order valence-corrected chi connectivity index (χ2v) is 10.5. The van der Waals surface area contributed by atoms with Crippen LogP contribution in [0.1, 0.15) is 0 Å². The van der Waals surface area contributed by atoms with Crippen molar-refractivity contribution in [3.8, 4) is 44.6 Å². The van der Waals surface area contributed by atoms with E-state index in [1.165, 1.54) is 54.6 Å². The molecule has 0 N–H and O–H groups in total. The van der Waals surface area contributed by atoms with Crippen molar-refractivity contribution in [3.63, 3.8) is 0 Å². The highest BCUT2D eigenvalue weighted by atomic mass is 14.7. The van der Waals surface area contributed by atoms with E-state index in [1.54, 1.807) is 0 Å². The molecule has 2 heterocycles. The molecule has 0 atom stereocenters. The Kier molecular flexibility index (Phi) is 5.82. The van der Waals surface area contributed by atoms with Gasteiger partial charge in [0, 0.05) is 29.7 Å². The number of nitrogens with zero attached hydrogens (tertiary/aromatic N) is 2. The summed E-state index contributed by atoms with van der Waals surface area (Å²) in [5.74, 6) is 0. The van der Waals surface area contributed by atoms with Crippen LogP contribution in [0.3, 0.4) is 0 Å². The predicted molar refractivity (Wildman–Crippen MR) is 176 cm³/mol. The number of rotatable bonds is 4. The first-order valence-electron chi connectivity index (χ1n) is 14.3. The lowest BCUT2D eigenvalue weighted by Gasteiger charge is -2.20. The van der Waals surface area contributed by atoms with Gasteiger partial charge < -0.3 is 0 Å². The average molecular weight is 535 g/mol. The number of aromatic nitrogens is 2. The lowest BCUT2D eigenvalue weighted by Crippen LogP contribution is -1.93. The van der Waals surface area contributed by atoms with Gasteiger partial charge >= 0.3 is 0 Å². The van der Waals surface area contributed by atoms with E-state index in [0.717, 1.165) is 22.4 Å². The van der Waals surface area contributed by atoms with Crippen molar-refractivity contribution in [2.45, 2.75) is 0 Å². The van der Waals surface area contributed by atoms with Crippen LogP contribution < -0.4 is 0 Å². The van der Waals surface area contributed by atoms with Crippen LogP contribution in [-0.4, -0.2) is 9.97 Å². The lowest BCUT2D eigenvalue weighted by atomic mass is 9.83. The molecule has 0 spiro atoms. The molecule has 0 aliphatic rings. The fourth-order valence-electron chi connectivity index (χ4n) is 6.44. The van der Waals surface area contributed by atoms with E-state index in [2.05, 4.69) is 137 Å². The highest BCUT2D eigenvalue weighted by molar-refractivity contribution is 6.24. The maximum absolute atomic E-state index is 4.65. The molecule has 0 saturated carbocycles. The van der Waals surface area contributed by atoms with E-state index in [4.69, 9.17) is 0 Å². The number of benzene rings is 6. The second-order valence-electron chi connectivity index (χ2n) is 10.5. The van der Waals surface area contributed by atoms with Crippen molar-refractivity contribution in [1.29, 1.82) is 0 Å². The molecule has 0 aliphatic carbocycles. The van der Waals surface area contributed by atoms with Gasteiger partial charge in [-0.1, -0.05) is 121 Å². The summed E-state index contributed by atoms with van der Waals surface area (Å²) >= 11 is 0. The molecule has 196 valence electrons. The van der Waals surface area contributed by atoms with Crippen molar-refractivity contribution in [2.24, 2.45) is 0 Å². The Labute approximate surface area is 244 Å². The van der Waals surface area contributed by atoms with E-state index in [0.29, 0.717) is 0 Å². The highest BCUT2D eigenvalue weighted by Crippen LogP contribution is 2.46. The maximum Gasteiger partial charge on any atom is 0.0709 e. The maximum atomic E-state index is 4.65. The van der Waals surface area contributed by atoms with Crippen LogP contribution >= 0.6 is 0 Å². The summed E-state index contributed by atoms with van der Waals surface area (Å²) < 4.78 is 0. The van der Waals surface area contributed by atoms with Crippen LogP contribution in [0.15, 0.2) is 158 Å². The predicted octanol–water partition coefficient (Wildman–Crippen LogP) is 10.6. The van der Waals surface area contributed by atoms with Crippen molar-refractivity contribution < 1.29 is 0 Å². The molecule has 2 aromatic heterocycles. The molecule has 0 amide bonds. The van der Waals surface area contributed by atoms with Crippen molar-refractivity contribution in [1.82, 2.24) is 9.97 Å². The largest absolute Gasteiger partial charge is 0.264 e. The zero-order valence-electron chi connectivity index (χ0n) is 22.9. The van der Waals surface area contributed by atoms with Gasteiger partial charge in [0.2, 0.25) is 0 Å². The number of fused-ring (bicyclic) bond motifs is 3. The smallest absolute Gasteiger partial charge is 0.0709 e. The quantitative estimate of drug-likeness (QED) is 0.210. The van der Waals surface area contributed by atoms with E-state index >= 15 is 0 Å². The highest BCUT2D eigenvalue weighted by Gasteiger charge is 2.19. The molecule has 0 radical (unpaired) electrons. The zero-order chi connectivity index (χ0) is 27.9. The van der Waals surface area contributed by atoms with E-state index < -0.39 is 0 Å². The first-order chi connectivity index (χ1) is 20.9. The molecule has 2 heteroatoms. The molecule has 42 heavy (non-hydrogen) atoms. The number of hydrogen-bond acceptors (Lipinski definition) is 2. The van der Waals surface area contributed by atoms with Gasteiger partial charge in [0.05, 0.1) is 5.69 Å². The molecule has 2 nitrogen and oxygen atoms in total. The summed E-state index contributed by atoms with van der Waals surface area (Å²) in [5, 5.41) is 7.44. The third-order valence-corrected chi connectivity index (χ3v) is 8.24. The summed E-state index contributed by atoms with van der Waals surface area (Å²) in [5.41, 5.74) is 9.25. The van der Waals surface area contributed by atoms with Crippen LogP contribution in [0.25, 0.3) is 77.0 Å². The monoisotopic (exact) mass is 534 g/mol. The van der Waals surface area contributed by atoms with E-state index in [1.807, 2.05) is 30.7 Å². The van der Waals surface area contributed by atoms with Gasteiger partial charge in [0.15, 0.2) is 0 Å². The third-order valence-electron chi connectivity index (χ3n) is 8.24. The number of hydrogen-bond donors (Lipinski definition) is 0. The Morgan fingerprint density at radius 1 is 0.333 bits per heavy atom. The van der Waals surface area contributed by atoms with Crippen molar-refractivity contribution in [2.75, 3.05) is 0 Å². The Balaban J connectivity index is 1.45. The molecule has 0 fully saturated rings. The first-order valence-corrected chi connectivity index (χ1v) is 14.3. The van der Waals surface area contributed by atoms with Gasteiger partial charge in [0.25, 0.3) is 0 Å². The van der Waals surface area contributed by atoms with Crippen LogP contribution in [0.4, 0.5) is 0 Å². The van der Waals surface area contributed by atoms with Gasteiger partial charge in [-0.3, -0.25) is 9.97 Å². The van der Waals surface area contributed by atoms with Gasteiger partial charge in [-0.15, -0.1) is 0 Å².